The van der Waals surface area contributed by atoms with Gasteiger partial charge in [0.25, 0.3) is 0 Å². The molecule has 0 radical (unpaired) electrons. The van der Waals surface area contributed by atoms with E-state index in [0.717, 1.165) is 0 Å². The topological polar surface area (TPSA) is 17.3 Å². The second-order valence-corrected chi connectivity index (χ2v) is 7.15. The Labute approximate surface area is 134 Å². The van der Waals surface area contributed by atoms with Crippen LogP contribution in [0.1, 0.15) is 48.9 Å². The summed E-state index contributed by atoms with van der Waals surface area (Å²) in [5, 5.41) is 3.96. The minimum atomic E-state index is 0.687. The molecule has 0 N–H and O–H groups in total. The van der Waals surface area contributed by atoms with Crippen LogP contribution in [0.15, 0.2) is 48.5 Å². The Hall–Kier alpha value is -2.35. The molecular formula is C21H18N2. The van der Waals surface area contributed by atoms with E-state index in [0.29, 0.717) is 11.8 Å². The smallest absolute Gasteiger partial charge is 0.145 e. The fourth-order valence-corrected chi connectivity index (χ4v) is 5.02. The monoisotopic (exact) mass is 298 g/mol. The molecule has 1 saturated carbocycles. The van der Waals surface area contributed by atoms with E-state index < -0.39 is 0 Å². The van der Waals surface area contributed by atoms with Gasteiger partial charge in [0.2, 0.25) is 0 Å². The lowest BCUT2D eigenvalue weighted by atomic mass is 9.71. The fourth-order valence-electron chi connectivity index (χ4n) is 5.02. The third kappa shape index (κ3) is 1.42. The Bertz CT molecular complexity index is 1080. The van der Waals surface area contributed by atoms with Crippen molar-refractivity contribution in [3.63, 3.8) is 0 Å². The van der Waals surface area contributed by atoms with Crippen LogP contribution in [0.5, 0.6) is 0 Å². The van der Waals surface area contributed by atoms with Crippen molar-refractivity contribution < 1.29 is 0 Å². The van der Waals surface area contributed by atoms with Crippen molar-refractivity contribution >= 4 is 27.3 Å². The van der Waals surface area contributed by atoms with Crippen LogP contribution in [-0.4, -0.2) is 9.38 Å². The number of fused-ring (bicyclic) bond motifs is 8. The summed E-state index contributed by atoms with van der Waals surface area (Å²) in [5.74, 6) is 1.39. The molecule has 2 nitrogen and oxygen atoms in total. The van der Waals surface area contributed by atoms with Gasteiger partial charge in [0.15, 0.2) is 0 Å². The Morgan fingerprint density at radius 2 is 1.39 bits per heavy atom. The van der Waals surface area contributed by atoms with Gasteiger partial charge in [-0.3, -0.25) is 4.40 Å². The van der Waals surface area contributed by atoms with Crippen molar-refractivity contribution in [3.8, 4) is 0 Å². The van der Waals surface area contributed by atoms with E-state index in [1.807, 2.05) is 0 Å². The molecule has 3 aliphatic rings. The predicted molar refractivity (Wildman–Crippen MR) is 94.2 cm³/mol. The summed E-state index contributed by atoms with van der Waals surface area (Å²) in [4.78, 5) is 5.18. The molecule has 1 fully saturated rings. The second kappa shape index (κ2) is 4.14. The van der Waals surface area contributed by atoms with Crippen LogP contribution in [-0.2, 0) is 0 Å². The lowest BCUT2D eigenvalue weighted by molar-refractivity contribution is 0.347. The average molecular weight is 298 g/mol. The van der Waals surface area contributed by atoms with Gasteiger partial charge in [-0.05, 0) is 37.1 Å². The molecule has 7 rings (SSSR count). The first kappa shape index (κ1) is 12.1. The summed E-state index contributed by atoms with van der Waals surface area (Å²) in [6, 6.07) is 17.6. The van der Waals surface area contributed by atoms with E-state index in [9.17, 15) is 0 Å². The van der Waals surface area contributed by atoms with Crippen LogP contribution in [0.25, 0.3) is 27.3 Å². The minimum absolute atomic E-state index is 0.687. The predicted octanol–water partition coefficient (Wildman–Crippen LogP) is 5.40. The number of rotatable bonds is 0. The van der Waals surface area contributed by atoms with Gasteiger partial charge in [-0.1, -0.05) is 42.5 Å². The zero-order valence-corrected chi connectivity index (χ0v) is 13.0. The number of pyridine rings is 1. The quantitative estimate of drug-likeness (QED) is 0.397. The van der Waals surface area contributed by atoms with Crippen LogP contribution < -0.4 is 0 Å². The SMILES string of the molecule is c1ccc2c(c1)c1ccccc1n1c3c(nc21)C1CCC3CC1. The highest BCUT2D eigenvalue weighted by atomic mass is 15.0. The lowest BCUT2D eigenvalue weighted by Crippen LogP contribution is -2.22. The average Bonchev–Trinajstić information content (AvgIpc) is 3.06. The molecule has 0 unspecified atom stereocenters. The van der Waals surface area contributed by atoms with E-state index in [1.54, 1.807) is 0 Å². The van der Waals surface area contributed by atoms with E-state index >= 15 is 0 Å². The van der Waals surface area contributed by atoms with E-state index in [4.69, 9.17) is 4.98 Å². The second-order valence-electron chi connectivity index (χ2n) is 7.15. The molecule has 0 spiro atoms. The van der Waals surface area contributed by atoms with E-state index in [-0.39, 0.29) is 0 Å². The Balaban J connectivity index is 1.93. The summed E-state index contributed by atoms with van der Waals surface area (Å²) in [5.41, 5.74) is 5.41. The summed E-state index contributed by atoms with van der Waals surface area (Å²) in [7, 11) is 0. The highest BCUT2D eigenvalue weighted by Crippen LogP contribution is 2.50. The molecule has 2 heteroatoms. The number of hydrogen-bond acceptors (Lipinski definition) is 1. The van der Waals surface area contributed by atoms with Crippen LogP contribution in [0.4, 0.5) is 0 Å². The Morgan fingerprint density at radius 3 is 2.22 bits per heavy atom. The molecule has 0 saturated heterocycles. The molecule has 0 aliphatic heterocycles. The van der Waals surface area contributed by atoms with E-state index in [2.05, 4.69) is 52.9 Å². The van der Waals surface area contributed by atoms with Gasteiger partial charge in [-0.15, -0.1) is 0 Å². The van der Waals surface area contributed by atoms with Crippen LogP contribution in [0.3, 0.4) is 0 Å². The van der Waals surface area contributed by atoms with Crippen LogP contribution >= 0.6 is 0 Å². The van der Waals surface area contributed by atoms with Gasteiger partial charge >= 0.3 is 0 Å². The molecule has 2 bridgehead atoms. The number of hydrogen-bond donors (Lipinski definition) is 0. The summed E-state index contributed by atoms with van der Waals surface area (Å²) in [6.07, 6.45) is 5.34. The van der Waals surface area contributed by atoms with Crippen LogP contribution in [0, 0.1) is 0 Å². The summed E-state index contributed by atoms with van der Waals surface area (Å²) >= 11 is 0. The molecule has 0 amide bonds. The van der Waals surface area contributed by atoms with Crippen molar-refractivity contribution in [2.75, 3.05) is 0 Å². The maximum Gasteiger partial charge on any atom is 0.145 e. The molecule has 3 aliphatic carbocycles. The van der Waals surface area contributed by atoms with Crippen molar-refractivity contribution in [2.24, 2.45) is 0 Å². The molecule has 2 aromatic heterocycles. The Kier molecular flexibility index (Phi) is 2.18. The molecule has 4 aromatic rings. The summed E-state index contributed by atoms with van der Waals surface area (Å²) < 4.78 is 2.49. The van der Waals surface area contributed by atoms with E-state index in [1.165, 1.54) is 64.4 Å². The van der Waals surface area contributed by atoms with Gasteiger partial charge in [-0.2, -0.15) is 0 Å². The number of nitrogens with zero attached hydrogens (tertiary/aromatic N) is 2. The van der Waals surface area contributed by atoms with Gasteiger partial charge in [0.05, 0.1) is 11.2 Å². The number of aromatic nitrogens is 2. The van der Waals surface area contributed by atoms with Gasteiger partial charge < -0.3 is 0 Å². The van der Waals surface area contributed by atoms with Crippen molar-refractivity contribution in [3.05, 3.63) is 59.9 Å². The maximum atomic E-state index is 5.18. The minimum Gasteiger partial charge on any atom is -0.296 e. The zero-order chi connectivity index (χ0) is 15.0. The first-order valence-electron chi connectivity index (χ1n) is 8.73. The maximum absolute atomic E-state index is 5.18. The fraction of sp³-hybridized carbons (Fsp3) is 0.286. The number of benzene rings is 2. The lowest BCUT2D eigenvalue weighted by Gasteiger charge is -2.35. The third-order valence-corrected chi connectivity index (χ3v) is 6.05. The highest BCUT2D eigenvalue weighted by molar-refractivity contribution is 6.11. The zero-order valence-electron chi connectivity index (χ0n) is 13.0. The highest BCUT2D eigenvalue weighted by Gasteiger charge is 2.37. The molecule has 2 heterocycles. The Morgan fingerprint density at radius 1 is 0.739 bits per heavy atom. The first-order valence-corrected chi connectivity index (χ1v) is 8.73. The van der Waals surface area contributed by atoms with Gasteiger partial charge in [-0.25, -0.2) is 4.98 Å². The van der Waals surface area contributed by atoms with Crippen LogP contribution in [0.2, 0.25) is 0 Å². The number of para-hydroxylation sites is 1. The third-order valence-electron chi connectivity index (χ3n) is 6.05. The van der Waals surface area contributed by atoms with Crippen molar-refractivity contribution in [1.29, 1.82) is 0 Å². The first-order chi connectivity index (χ1) is 11.4. The molecule has 23 heavy (non-hydrogen) atoms. The largest absolute Gasteiger partial charge is 0.296 e. The summed E-state index contributed by atoms with van der Waals surface area (Å²) in [6.45, 7) is 0. The molecule has 2 aromatic carbocycles. The van der Waals surface area contributed by atoms with Crippen molar-refractivity contribution in [1.82, 2.24) is 9.38 Å². The van der Waals surface area contributed by atoms with Crippen molar-refractivity contribution in [2.45, 2.75) is 37.5 Å². The standard InChI is InChI=1S/C21H18N2/c1-2-7-17-15(5-1)16-6-3-4-8-18(16)23-20-14-11-9-13(10-12-14)19(20)22-21(17)23/h1-8,13-14H,9-12H2. The normalized spacial score (nSPS) is 23.0. The van der Waals surface area contributed by atoms with Gasteiger partial charge in [0.1, 0.15) is 5.65 Å². The molecular weight excluding hydrogens is 280 g/mol. The molecule has 0 atom stereocenters. The number of imidazole rings is 1. The molecule has 112 valence electrons. The van der Waals surface area contributed by atoms with Gasteiger partial charge in [0, 0.05) is 28.3 Å².